The summed E-state index contributed by atoms with van der Waals surface area (Å²) in [5, 5.41) is 15.5. The van der Waals surface area contributed by atoms with Crippen LogP contribution in [-0.2, 0) is 13.2 Å². The van der Waals surface area contributed by atoms with Gasteiger partial charge < -0.3 is 20.5 Å². The molecule has 160 valence electrons. The van der Waals surface area contributed by atoms with Crippen LogP contribution in [0.25, 0.3) is 0 Å². The highest BCUT2D eigenvalue weighted by Crippen LogP contribution is 2.15. The van der Waals surface area contributed by atoms with Crippen molar-refractivity contribution in [3.8, 4) is 5.75 Å². The van der Waals surface area contributed by atoms with E-state index in [4.69, 9.17) is 4.74 Å². The molecule has 2 aromatic carbocycles. The number of rotatable bonds is 9. The van der Waals surface area contributed by atoms with Gasteiger partial charge in [0.2, 0.25) is 0 Å². The van der Waals surface area contributed by atoms with Crippen LogP contribution in [0.4, 0.5) is 8.78 Å². The first kappa shape index (κ1) is 25.1. The van der Waals surface area contributed by atoms with E-state index in [1.807, 2.05) is 13.8 Å². The van der Waals surface area contributed by atoms with E-state index in [-0.39, 0.29) is 48.1 Å². The molecule has 0 bridgehead atoms. The normalized spacial score (nSPS) is 12.1. The molecule has 29 heavy (non-hydrogen) atoms. The van der Waals surface area contributed by atoms with Crippen LogP contribution in [-0.4, -0.2) is 30.3 Å². The van der Waals surface area contributed by atoms with Crippen molar-refractivity contribution in [3.63, 3.8) is 0 Å². The molecule has 0 radical (unpaired) electrons. The Labute approximate surface area is 187 Å². The van der Waals surface area contributed by atoms with Crippen molar-refractivity contribution < 1.29 is 18.6 Å². The summed E-state index contributed by atoms with van der Waals surface area (Å²) in [6.45, 7) is 5.11. The van der Waals surface area contributed by atoms with E-state index in [1.54, 1.807) is 24.3 Å². The number of aliphatic imine (C=N–C) groups is 1. The maximum atomic E-state index is 13.5. The summed E-state index contributed by atoms with van der Waals surface area (Å²) in [4.78, 5) is 4.49. The van der Waals surface area contributed by atoms with Crippen molar-refractivity contribution in [2.45, 2.75) is 39.5 Å². The molecule has 8 heteroatoms. The van der Waals surface area contributed by atoms with E-state index in [9.17, 15) is 13.9 Å². The van der Waals surface area contributed by atoms with Gasteiger partial charge in [0, 0.05) is 18.2 Å². The molecule has 1 atom stereocenters. The summed E-state index contributed by atoms with van der Waals surface area (Å²) < 4.78 is 32.6. The summed E-state index contributed by atoms with van der Waals surface area (Å²) in [6, 6.07) is 10.6. The highest BCUT2D eigenvalue weighted by molar-refractivity contribution is 14.0. The van der Waals surface area contributed by atoms with Crippen LogP contribution in [0.15, 0.2) is 47.5 Å². The average molecular weight is 519 g/mol. The van der Waals surface area contributed by atoms with Gasteiger partial charge in [0.05, 0.1) is 19.7 Å². The van der Waals surface area contributed by atoms with Gasteiger partial charge in [0.1, 0.15) is 23.5 Å². The van der Waals surface area contributed by atoms with Crippen molar-refractivity contribution in [1.29, 1.82) is 0 Å². The van der Waals surface area contributed by atoms with Crippen LogP contribution in [0, 0.1) is 11.6 Å². The van der Waals surface area contributed by atoms with E-state index in [1.165, 1.54) is 18.2 Å². The van der Waals surface area contributed by atoms with E-state index in [2.05, 4.69) is 15.6 Å². The number of hydrogen-bond acceptors (Lipinski definition) is 3. The summed E-state index contributed by atoms with van der Waals surface area (Å²) in [5.74, 6) is 0.314. The molecule has 1 unspecified atom stereocenters. The van der Waals surface area contributed by atoms with Crippen molar-refractivity contribution in [3.05, 3.63) is 65.2 Å². The molecule has 3 N–H and O–H groups in total. The standard InChI is InChI=1S/C21H27F2N3O2.HI/c1-3-18(28-19-7-5-6-17(22)11-19)13-26-21(24-4-2)25-12-15-8-9-20(23)16(10-15)14-27;/h5-11,18,27H,3-4,12-14H2,1-2H3,(H2,24,25,26);1H. The molecular formula is C21H28F2IN3O2. The fourth-order valence-electron chi connectivity index (χ4n) is 2.57. The van der Waals surface area contributed by atoms with Crippen LogP contribution in [0.5, 0.6) is 5.75 Å². The van der Waals surface area contributed by atoms with Gasteiger partial charge in [0.25, 0.3) is 0 Å². The van der Waals surface area contributed by atoms with E-state index < -0.39 is 5.82 Å². The fourth-order valence-corrected chi connectivity index (χ4v) is 2.57. The van der Waals surface area contributed by atoms with E-state index >= 15 is 0 Å². The quantitative estimate of drug-likeness (QED) is 0.267. The Balaban J connectivity index is 0.00000420. The monoisotopic (exact) mass is 519 g/mol. The zero-order chi connectivity index (χ0) is 20.4. The first-order chi connectivity index (χ1) is 13.5. The van der Waals surface area contributed by atoms with Gasteiger partial charge in [-0.1, -0.05) is 19.1 Å². The lowest BCUT2D eigenvalue weighted by Gasteiger charge is -2.20. The number of ether oxygens (including phenoxy) is 1. The van der Waals surface area contributed by atoms with Crippen LogP contribution >= 0.6 is 24.0 Å². The summed E-state index contributed by atoms with van der Waals surface area (Å²) >= 11 is 0. The Morgan fingerprint density at radius 3 is 2.59 bits per heavy atom. The van der Waals surface area contributed by atoms with Crippen LogP contribution in [0.2, 0.25) is 0 Å². The Morgan fingerprint density at radius 2 is 1.93 bits per heavy atom. The molecule has 0 aliphatic heterocycles. The van der Waals surface area contributed by atoms with Gasteiger partial charge in [-0.05, 0) is 43.2 Å². The van der Waals surface area contributed by atoms with Crippen LogP contribution in [0.1, 0.15) is 31.4 Å². The molecule has 0 heterocycles. The van der Waals surface area contributed by atoms with Gasteiger partial charge in [-0.2, -0.15) is 0 Å². The van der Waals surface area contributed by atoms with Gasteiger partial charge >= 0.3 is 0 Å². The van der Waals surface area contributed by atoms with Gasteiger partial charge in [0.15, 0.2) is 5.96 Å². The summed E-state index contributed by atoms with van der Waals surface area (Å²) in [6.07, 6.45) is 0.582. The molecule has 0 aliphatic rings. The van der Waals surface area contributed by atoms with Crippen molar-refractivity contribution in [2.75, 3.05) is 13.1 Å². The molecule has 0 aliphatic carbocycles. The largest absolute Gasteiger partial charge is 0.489 e. The zero-order valence-corrected chi connectivity index (χ0v) is 19.0. The van der Waals surface area contributed by atoms with Crippen LogP contribution < -0.4 is 15.4 Å². The second-order valence-electron chi connectivity index (χ2n) is 6.27. The van der Waals surface area contributed by atoms with Gasteiger partial charge in [-0.25, -0.2) is 13.8 Å². The number of benzene rings is 2. The van der Waals surface area contributed by atoms with E-state index in [0.717, 1.165) is 12.0 Å². The minimum absolute atomic E-state index is 0. The highest BCUT2D eigenvalue weighted by atomic mass is 127. The topological polar surface area (TPSA) is 65.9 Å². The fraction of sp³-hybridized carbons (Fsp3) is 0.381. The Morgan fingerprint density at radius 1 is 1.14 bits per heavy atom. The highest BCUT2D eigenvalue weighted by Gasteiger charge is 2.10. The Hall–Kier alpha value is -1.94. The number of aliphatic hydroxyl groups excluding tert-OH is 1. The third-order valence-electron chi connectivity index (χ3n) is 4.10. The SMILES string of the molecule is CCNC(=NCc1ccc(F)c(CO)c1)NCC(CC)Oc1cccc(F)c1.I. The first-order valence-corrected chi connectivity index (χ1v) is 9.38. The van der Waals surface area contributed by atoms with Gasteiger partial charge in [-0.3, -0.25) is 0 Å². The molecular weight excluding hydrogens is 491 g/mol. The summed E-state index contributed by atoms with van der Waals surface area (Å²) in [7, 11) is 0. The minimum Gasteiger partial charge on any atom is -0.489 e. The number of nitrogens with zero attached hydrogens (tertiary/aromatic N) is 1. The Bertz CT molecular complexity index is 790. The molecule has 0 amide bonds. The average Bonchev–Trinajstić information content (AvgIpc) is 2.70. The van der Waals surface area contributed by atoms with Crippen molar-refractivity contribution in [1.82, 2.24) is 10.6 Å². The molecule has 5 nitrogen and oxygen atoms in total. The third-order valence-corrected chi connectivity index (χ3v) is 4.10. The zero-order valence-electron chi connectivity index (χ0n) is 16.6. The van der Waals surface area contributed by atoms with Crippen molar-refractivity contribution in [2.24, 2.45) is 4.99 Å². The number of hydrogen-bond donors (Lipinski definition) is 3. The Kier molecular flexibility index (Phi) is 11.5. The molecule has 0 saturated heterocycles. The predicted octanol–water partition coefficient (Wildman–Crippen LogP) is 3.99. The number of nitrogens with one attached hydrogen (secondary N) is 2. The lowest BCUT2D eigenvalue weighted by molar-refractivity contribution is 0.198. The molecule has 0 aromatic heterocycles. The lowest BCUT2D eigenvalue weighted by atomic mass is 10.1. The molecule has 0 saturated carbocycles. The summed E-state index contributed by atoms with van der Waals surface area (Å²) in [5.41, 5.74) is 1.05. The van der Waals surface area contributed by atoms with Crippen LogP contribution in [0.3, 0.4) is 0 Å². The third kappa shape index (κ3) is 8.53. The second-order valence-corrected chi connectivity index (χ2v) is 6.27. The second kappa shape index (κ2) is 13.3. The molecule has 2 aromatic rings. The smallest absolute Gasteiger partial charge is 0.191 e. The van der Waals surface area contributed by atoms with Crippen molar-refractivity contribution >= 4 is 29.9 Å². The maximum absolute atomic E-state index is 13.5. The predicted molar refractivity (Wildman–Crippen MR) is 122 cm³/mol. The number of aliphatic hydroxyl groups is 1. The molecule has 0 spiro atoms. The molecule has 2 rings (SSSR count). The number of halogens is 3. The minimum atomic E-state index is -0.430. The molecule has 0 fully saturated rings. The maximum Gasteiger partial charge on any atom is 0.191 e. The van der Waals surface area contributed by atoms with Gasteiger partial charge in [-0.15, -0.1) is 24.0 Å². The van der Waals surface area contributed by atoms with E-state index in [0.29, 0.717) is 31.3 Å². The first-order valence-electron chi connectivity index (χ1n) is 9.38. The lowest BCUT2D eigenvalue weighted by Crippen LogP contribution is -2.42. The number of guanidine groups is 1.